The van der Waals surface area contributed by atoms with Gasteiger partial charge in [0, 0.05) is 6.07 Å². The third kappa shape index (κ3) is 4.35. The van der Waals surface area contributed by atoms with Gasteiger partial charge in [-0.1, -0.05) is 11.6 Å². The first-order valence-electron chi connectivity index (χ1n) is 4.71. The summed E-state index contributed by atoms with van der Waals surface area (Å²) in [6.07, 6.45) is 0. The van der Waals surface area contributed by atoms with Crippen LogP contribution in [0.25, 0.3) is 4.98 Å². The van der Waals surface area contributed by atoms with Crippen LogP contribution in [0.1, 0.15) is 6.92 Å². The topological polar surface area (TPSA) is 63.7 Å². The molecule has 1 rings (SSSR count). The van der Waals surface area contributed by atoms with Crippen LogP contribution in [0.4, 0.5) is 10.1 Å². The van der Waals surface area contributed by atoms with E-state index in [0.29, 0.717) is 0 Å². The molecule has 0 saturated carbocycles. The standard InChI is InChI=1S/C10H9ClFN2O3.ClH/c1-2-16-10(15)5-17-9-4-8(14-13)7(12)3-6(9)11;/h3-4H,2,5H2,1H3;1H/q+1;/p-1. The third-order valence-electron chi connectivity index (χ3n) is 1.76. The van der Waals surface area contributed by atoms with Crippen molar-refractivity contribution >= 4 is 23.3 Å². The van der Waals surface area contributed by atoms with E-state index in [1.165, 1.54) is 0 Å². The number of hydrogen-bond donors (Lipinski definition) is 0. The Kier molecular flexibility index (Phi) is 7.01. The van der Waals surface area contributed by atoms with Gasteiger partial charge in [0.15, 0.2) is 11.6 Å². The number of halogens is 3. The van der Waals surface area contributed by atoms with Crippen molar-refractivity contribution < 1.29 is 31.1 Å². The molecule has 0 saturated heterocycles. The maximum Gasteiger partial charge on any atom is 0.424 e. The lowest BCUT2D eigenvalue weighted by atomic mass is 10.3. The first-order chi connectivity index (χ1) is 8.08. The van der Waals surface area contributed by atoms with Crippen LogP contribution in [-0.4, -0.2) is 19.2 Å². The number of nitrogens with zero attached hydrogens (tertiary/aromatic N) is 2. The van der Waals surface area contributed by atoms with Crippen LogP contribution < -0.4 is 17.1 Å². The van der Waals surface area contributed by atoms with Crippen molar-refractivity contribution in [2.75, 3.05) is 13.2 Å². The zero-order chi connectivity index (χ0) is 12.8. The Hall–Kier alpha value is -1.58. The second-order valence-corrected chi connectivity index (χ2v) is 3.33. The van der Waals surface area contributed by atoms with Crippen LogP contribution in [0.3, 0.4) is 0 Å². The molecule has 18 heavy (non-hydrogen) atoms. The molecule has 98 valence electrons. The molecular weight excluding hydrogens is 286 g/mol. The summed E-state index contributed by atoms with van der Waals surface area (Å²) in [5, 5.41) is 8.46. The van der Waals surface area contributed by atoms with Crippen molar-refractivity contribution in [1.29, 1.82) is 5.39 Å². The highest BCUT2D eigenvalue weighted by Gasteiger charge is 2.19. The molecule has 0 aliphatic heterocycles. The monoisotopic (exact) mass is 294 g/mol. The van der Waals surface area contributed by atoms with Crippen molar-refractivity contribution in [2.45, 2.75) is 6.92 Å². The molecule has 0 heterocycles. The second kappa shape index (κ2) is 7.69. The number of benzene rings is 1. The Morgan fingerprint density at radius 2 is 2.22 bits per heavy atom. The maximum atomic E-state index is 13.1. The van der Waals surface area contributed by atoms with Crippen LogP contribution in [0, 0.1) is 11.2 Å². The van der Waals surface area contributed by atoms with E-state index in [1.54, 1.807) is 6.92 Å². The van der Waals surface area contributed by atoms with E-state index < -0.39 is 11.8 Å². The normalized spacial score (nSPS) is 9.00. The average molecular weight is 295 g/mol. The predicted molar refractivity (Wildman–Crippen MR) is 58.3 cm³/mol. The molecule has 0 bridgehead atoms. The molecule has 1 aromatic rings. The second-order valence-electron chi connectivity index (χ2n) is 2.93. The summed E-state index contributed by atoms with van der Waals surface area (Å²) in [5.41, 5.74) is -0.326. The highest BCUT2D eigenvalue weighted by atomic mass is 35.5. The first kappa shape index (κ1) is 16.4. The average Bonchev–Trinajstić information content (AvgIpc) is 2.28. The predicted octanol–water partition coefficient (Wildman–Crippen LogP) is -0.0904. The number of hydrogen-bond acceptors (Lipinski definition) is 4. The first-order valence-corrected chi connectivity index (χ1v) is 5.08. The molecule has 0 N–H and O–H groups in total. The van der Waals surface area contributed by atoms with Gasteiger partial charge in [-0.25, -0.2) is 4.79 Å². The van der Waals surface area contributed by atoms with Crippen molar-refractivity contribution in [3.8, 4) is 5.75 Å². The van der Waals surface area contributed by atoms with Gasteiger partial charge in [-0.15, -0.1) is 0 Å². The molecule has 0 atom stereocenters. The van der Waals surface area contributed by atoms with Crippen molar-refractivity contribution in [1.82, 2.24) is 0 Å². The fourth-order valence-electron chi connectivity index (χ4n) is 1.04. The molecule has 1 aromatic carbocycles. The minimum atomic E-state index is -0.791. The number of ether oxygens (including phenoxy) is 2. The molecule has 0 aromatic heterocycles. The minimum absolute atomic E-state index is 0. The van der Waals surface area contributed by atoms with Crippen molar-refractivity contribution in [2.24, 2.45) is 0 Å². The van der Waals surface area contributed by atoms with Crippen LogP contribution in [0.2, 0.25) is 5.02 Å². The van der Waals surface area contributed by atoms with Gasteiger partial charge in [0.1, 0.15) is 5.75 Å². The summed E-state index contributed by atoms with van der Waals surface area (Å²) in [4.78, 5) is 13.7. The molecular formula is C10H9Cl2FN2O3. The molecule has 0 aliphatic carbocycles. The van der Waals surface area contributed by atoms with Gasteiger partial charge in [-0.2, -0.15) is 4.39 Å². The van der Waals surface area contributed by atoms with Gasteiger partial charge in [-0.05, 0) is 6.92 Å². The highest BCUT2D eigenvalue weighted by molar-refractivity contribution is 6.32. The van der Waals surface area contributed by atoms with E-state index >= 15 is 0 Å². The summed E-state index contributed by atoms with van der Waals surface area (Å²) in [7, 11) is 0. The summed E-state index contributed by atoms with van der Waals surface area (Å²) in [6.45, 7) is 1.53. The minimum Gasteiger partial charge on any atom is -1.00 e. The molecule has 0 amide bonds. The lowest BCUT2D eigenvalue weighted by Crippen LogP contribution is -3.00. The number of diazo groups is 1. The van der Waals surface area contributed by atoms with E-state index in [1.807, 2.05) is 0 Å². The van der Waals surface area contributed by atoms with Crippen LogP contribution in [0.15, 0.2) is 12.1 Å². The Morgan fingerprint density at radius 3 is 2.78 bits per heavy atom. The van der Waals surface area contributed by atoms with Gasteiger partial charge >= 0.3 is 11.7 Å². The highest BCUT2D eigenvalue weighted by Crippen LogP contribution is 2.31. The zero-order valence-corrected chi connectivity index (χ0v) is 10.8. The molecule has 0 spiro atoms. The van der Waals surface area contributed by atoms with Crippen LogP contribution in [-0.2, 0) is 9.53 Å². The van der Waals surface area contributed by atoms with E-state index in [0.717, 1.165) is 12.1 Å². The molecule has 0 radical (unpaired) electrons. The molecule has 8 heteroatoms. The summed E-state index contributed by atoms with van der Waals surface area (Å²) in [5.74, 6) is -1.33. The largest absolute Gasteiger partial charge is 1.00 e. The lowest BCUT2D eigenvalue weighted by Gasteiger charge is -2.06. The lowest BCUT2D eigenvalue weighted by molar-refractivity contribution is -0.145. The van der Waals surface area contributed by atoms with Crippen molar-refractivity contribution in [3.63, 3.8) is 0 Å². The van der Waals surface area contributed by atoms with E-state index in [4.69, 9.17) is 21.7 Å². The number of carbonyl (C=O) groups is 1. The summed E-state index contributed by atoms with van der Waals surface area (Å²) >= 11 is 5.68. The number of carbonyl (C=O) groups excluding carboxylic acids is 1. The maximum absolute atomic E-state index is 13.1. The van der Waals surface area contributed by atoms with Crippen LogP contribution >= 0.6 is 11.6 Å². The van der Waals surface area contributed by atoms with Crippen molar-refractivity contribution in [3.05, 3.63) is 27.9 Å². The summed E-state index contributed by atoms with van der Waals surface area (Å²) in [6, 6.07) is 2.01. The third-order valence-corrected chi connectivity index (χ3v) is 2.06. The van der Waals surface area contributed by atoms with Crippen LogP contribution in [0.5, 0.6) is 5.75 Å². The Labute approximate surface area is 114 Å². The quantitative estimate of drug-likeness (QED) is 0.575. The van der Waals surface area contributed by atoms with Gasteiger partial charge < -0.3 is 21.9 Å². The SMILES string of the molecule is CCOC(=O)COc1cc([N+]#N)c(F)cc1Cl.[Cl-]. The van der Waals surface area contributed by atoms with E-state index in [2.05, 4.69) is 9.71 Å². The number of rotatable bonds is 4. The molecule has 0 unspecified atom stereocenters. The van der Waals surface area contributed by atoms with Gasteiger partial charge in [0.25, 0.3) is 0 Å². The fraction of sp³-hybridized carbons (Fsp3) is 0.300. The molecule has 0 fully saturated rings. The summed E-state index contributed by atoms with van der Waals surface area (Å²) < 4.78 is 22.7. The van der Waals surface area contributed by atoms with E-state index in [-0.39, 0.29) is 42.1 Å². The molecule has 0 aliphatic rings. The smallest absolute Gasteiger partial charge is 0.424 e. The van der Waals surface area contributed by atoms with Gasteiger partial charge in [0.2, 0.25) is 11.2 Å². The zero-order valence-electron chi connectivity index (χ0n) is 9.32. The molecule has 5 nitrogen and oxygen atoms in total. The van der Waals surface area contributed by atoms with Gasteiger partial charge in [0.05, 0.1) is 17.7 Å². The Morgan fingerprint density at radius 1 is 1.56 bits per heavy atom. The fourth-order valence-corrected chi connectivity index (χ4v) is 1.25. The van der Waals surface area contributed by atoms with E-state index in [9.17, 15) is 9.18 Å². The van der Waals surface area contributed by atoms with Gasteiger partial charge in [-0.3, -0.25) is 0 Å². The Bertz CT molecular complexity index is 477. The number of esters is 1. The Balaban J connectivity index is 0.00000289.